The quantitative estimate of drug-likeness (QED) is 0.133. The first-order valence-corrected chi connectivity index (χ1v) is 25.7. The van der Waals surface area contributed by atoms with Crippen LogP contribution in [0.4, 0.5) is 0 Å². The van der Waals surface area contributed by atoms with E-state index in [1.807, 2.05) is 0 Å². The molecule has 0 heterocycles. The summed E-state index contributed by atoms with van der Waals surface area (Å²) in [7, 11) is 0. The van der Waals surface area contributed by atoms with Crippen LogP contribution < -0.4 is 0 Å². The van der Waals surface area contributed by atoms with Crippen molar-refractivity contribution in [2.45, 2.75) is 0 Å². The van der Waals surface area contributed by atoms with Gasteiger partial charge in [0.25, 0.3) is 0 Å². The average molecular weight is 937 g/mol. The smallest absolute Gasteiger partial charge is 0.00201 e. The minimum atomic E-state index is 1.20. The molecule has 14 rings (SSSR count). The molecule has 0 heteroatoms. The van der Waals surface area contributed by atoms with Crippen molar-refractivity contribution in [1.82, 2.24) is 0 Å². The van der Waals surface area contributed by atoms with E-state index >= 15 is 0 Å². The highest BCUT2D eigenvalue weighted by Crippen LogP contribution is 2.51. The number of fused-ring (bicyclic) bond motifs is 5. The number of hydrogen-bond acceptors (Lipinski definition) is 0. The van der Waals surface area contributed by atoms with Crippen molar-refractivity contribution in [3.8, 4) is 89.0 Å². The maximum absolute atomic E-state index is 2.43. The molecule has 14 aromatic carbocycles. The van der Waals surface area contributed by atoms with Gasteiger partial charge >= 0.3 is 0 Å². The summed E-state index contributed by atoms with van der Waals surface area (Å²) in [5.74, 6) is 0. The second-order valence-electron chi connectivity index (χ2n) is 19.4. The highest BCUT2D eigenvalue weighted by Gasteiger charge is 2.23. The van der Waals surface area contributed by atoms with Gasteiger partial charge in [0, 0.05) is 0 Å². The van der Waals surface area contributed by atoms with Crippen LogP contribution in [0.1, 0.15) is 0 Å². The zero-order valence-corrected chi connectivity index (χ0v) is 40.7. The van der Waals surface area contributed by atoms with Gasteiger partial charge in [0.15, 0.2) is 0 Å². The molecule has 0 aliphatic carbocycles. The number of rotatable bonds is 8. The monoisotopic (exact) mass is 936 g/mol. The van der Waals surface area contributed by atoms with Crippen LogP contribution >= 0.6 is 0 Å². The lowest BCUT2D eigenvalue weighted by atomic mass is 9.81. The predicted octanol–water partition coefficient (Wildman–Crippen LogP) is 20.8. The summed E-state index contributed by atoms with van der Waals surface area (Å²) >= 11 is 0. The van der Waals surface area contributed by atoms with E-state index in [4.69, 9.17) is 0 Å². The Labute approximate surface area is 431 Å². The van der Waals surface area contributed by atoms with Gasteiger partial charge in [0.2, 0.25) is 0 Å². The number of hydrogen-bond donors (Lipinski definition) is 0. The fourth-order valence-corrected chi connectivity index (χ4v) is 11.8. The highest BCUT2D eigenvalue weighted by atomic mass is 14.3. The average Bonchev–Trinajstić information content (AvgIpc) is 3.48. The maximum Gasteiger partial charge on any atom is -0.00201 e. The summed E-state index contributed by atoms with van der Waals surface area (Å²) in [6.45, 7) is 0. The molecule has 0 saturated carbocycles. The molecule has 0 aliphatic rings. The second kappa shape index (κ2) is 18.2. The van der Waals surface area contributed by atoms with Crippen molar-refractivity contribution in [2.75, 3.05) is 0 Å². The first-order valence-electron chi connectivity index (χ1n) is 25.7. The molecule has 0 unspecified atom stereocenters. The molecule has 0 aliphatic heterocycles. The summed E-state index contributed by atoms with van der Waals surface area (Å²) < 4.78 is 0. The molecule has 0 spiro atoms. The molecule has 0 nitrogen and oxygen atoms in total. The summed E-state index contributed by atoms with van der Waals surface area (Å²) in [6.07, 6.45) is 0. The molecule has 344 valence electrons. The fourth-order valence-electron chi connectivity index (χ4n) is 11.8. The molecular weight excluding hydrogens is 889 g/mol. The zero-order valence-electron chi connectivity index (χ0n) is 40.7. The third kappa shape index (κ3) is 7.39. The maximum atomic E-state index is 2.43. The number of benzene rings is 14. The van der Waals surface area contributed by atoms with E-state index in [1.54, 1.807) is 0 Å². The van der Waals surface area contributed by atoms with Crippen LogP contribution in [0.25, 0.3) is 143 Å². The largest absolute Gasteiger partial charge is 0.0622 e. The third-order valence-electron chi connectivity index (χ3n) is 15.3. The van der Waals surface area contributed by atoms with Gasteiger partial charge in [0.05, 0.1) is 0 Å². The summed E-state index contributed by atoms with van der Waals surface area (Å²) in [4.78, 5) is 0. The van der Waals surface area contributed by atoms with Crippen molar-refractivity contribution in [3.05, 3.63) is 291 Å². The van der Waals surface area contributed by atoms with Crippen molar-refractivity contribution in [2.24, 2.45) is 0 Å². The SMILES string of the molecule is c1ccc(-c2ccc(-c3c4ccccc4c(-c4ccc(-c5c6ccccc6c(-c6ccc(-c7ccccc7)cc6)c6cc(-c7ccccc7)ccc56)c5ccccc45)c4ccc(-c5ccccc5)cc34)cc2)cc1. The lowest BCUT2D eigenvalue weighted by Gasteiger charge is -2.22. The van der Waals surface area contributed by atoms with E-state index in [1.165, 1.54) is 143 Å². The van der Waals surface area contributed by atoms with Crippen LogP contribution in [0.3, 0.4) is 0 Å². The molecule has 0 amide bonds. The van der Waals surface area contributed by atoms with Crippen LogP contribution in [0.15, 0.2) is 291 Å². The first-order chi connectivity index (χ1) is 36.7. The normalized spacial score (nSPS) is 11.5. The van der Waals surface area contributed by atoms with E-state index < -0.39 is 0 Å². The van der Waals surface area contributed by atoms with Gasteiger partial charge < -0.3 is 0 Å². The zero-order chi connectivity index (χ0) is 49.0. The predicted molar refractivity (Wildman–Crippen MR) is 317 cm³/mol. The van der Waals surface area contributed by atoms with Crippen molar-refractivity contribution >= 4 is 53.9 Å². The van der Waals surface area contributed by atoms with Crippen LogP contribution in [0, 0.1) is 0 Å². The van der Waals surface area contributed by atoms with Gasteiger partial charge in [-0.1, -0.05) is 279 Å². The van der Waals surface area contributed by atoms with Gasteiger partial charge in [0.1, 0.15) is 0 Å². The van der Waals surface area contributed by atoms with E-state index in [2.05, 4.69) is 291 Å². The van der Waals surface area contributed by atoms with Crippen LogP contribution in [0.5, 0.6) is 0 Å². The Bertz CT molecular complexity index is 4110. The van der Waals surface area contributed by atoms with E-state index in [9.17, 15) is 0 Å². The van der Waals surface area contributed by atoms with Gasteiger partial charge in [-0.05, 0) is 155 Å². The topological polar surface area (TPSA) is 0 Å². The van der Waals surface area contributed by atoms with E-state index in [0.29, 0.717) is 0 Å². The molecule has 0 fully saturated rings. The fraction of sp³-hybridized carbons (Fsp3) is 0. The van der Waals surface area contributed by atoms with Crippen molar-refractivity contribution < 1.29 is 0 Å². The minimum absolute atomic E-state index is 1.20. The molecule has 0 atom stereocenters. The molecule has 0 bridgehead atoms. The molecule has 0 N–H and O–H groups in total. The Morgan fingerprint density at radius 3 is 0.689 bits per heavy atom. The van der Waals surface area contributed by atoms with Crippen molar-refractivity contribution in [1.29, 1.82) is 0 Å². The van der Waals surface area contributed by atoms with Crippen molar-refractivity contribution in [3.63, 3.8) is 0 Å². The Morgan fingerprint density at radius 2 is 0.351 bits per heavy atom. The third-order valence-corrected chi connectivity index (χ3v) is 15.3. The molecule has 0 saturated heterocycles. The van der Waals surface area contributed by atoms with Gasteiger partial charge in [-0.15, -0.1) is 0 Å². The lowest BCUT2D eigenvalue weighted by Crippen LogP contribution is -1.95. The van der Waals surface area contributed by atoms with E-state index in [-0.39, 0.29) is 0 Å². The molecule has 0 radical (unpaired) electrons. The summed E-state index contributed by atoms with van der Waals surface area (Å²) in [5.41, 5.74) is 19.5. The van der Waals surface area contributed by atoms with Crippen LogP contribution in [-0.4, -0.2) is 0 Å². The van der Waals surface area contributed by atoms with Gasteiger partial charge in [-0.25, -0.2) is 0 Å². The van der Waals surface area contributed by atoms with Gasteiger partial charge in [-0.2, -0.15) is 0 Å². The summed E-state index contributed by atoms with van der Waals surface area (Å²) in [5, 5.41) is 12.3. The molecule has 74 heavy (non-hydrogen) atoms. The second-order valence-corrected chi connectivity index (χ2v) is 19.4. The Kier molecular flexibility index (Phi) is 10.6. The minimum Gasteiger partial charge on any atom is -0.0622 e. The summed E-state index contributed by atoms with van der Waals surface area (Å²) in [6, 6.07) is 108. The molecule has 0 aromatic heterocycles. The lowest BCUT2D eigenvalue weighted by molar-refractivity contribution is 1.60. The van der Waals surface area contributed by atoms with Crippen LogP contribution in [0.2, 0.25) is 0 Å². The van der Waals surface area contributed by atoms with Crippen LogP contribution in [-0.2, 0) is 0 Å². The Morgan fingerprint density at radius 1 is 0.122 bits per heavy atom. The Hall–Kier alpha value is -9.62. The standard InChI is InChI=1S/C74H48/c1-5-19-49(20-6-1)53-33-37-55(38-34-53)71-61-29-15-17-31-63(61)73(67-43-41-57(47-69(67)71)51-23-9-3-10-24-51)65-45-46-66(60-28-14-13-27-59(60)65)74-64-32-18-16-30-62(64)72(56-39-35-54(36-40-56)50-21-7-2-8-22-50)70-48-58(42-44-68(70)74)52-25-11-4-12-26-52/h1-48H. The molecular formula is C74H48. The Balaban J connectivity index is 1.02. The molecule has 14 aromatic rings. The van der Waals surface area contributed by atoms with Gasteiger partial charge in [-0.3, -0.25) is 0 Å². The van der Waals surface area contributed by atoms with E-state index in [0.717, 1.165) is 0 Å². The first kappa shape index (κ1) is 43.2. The highest BCUT2D eigenvalue weighted by molar-refractivity contribution is 6.27.